The van der Waals surface area contributed by atoms with Gasteiger partial charge in [0.25, 0.3) is 0 Å². The Morgan fingerprint density at radius 2 is 2.05 bits per heavy atom. The van der Waals surface area contributed by atoms with Crippen LogP contribution in [-0.2, 0) is 23.5 Å². The fourth-order valence-corrected chi connectivity index (χ4v) is 3.30. The third-order valence-electron chi connectivity index (χ3n) is 3.44. The SMILES string of the molecule is Cc1ccc(S(=O)(=O)NCCc2cnn(C)c2)cc1N(C)C. The molecule has 0 atom stereocenters. The standard InChI is InChI=1S/C15H22N4O2S/c1-12-5-6-14(9-15(12)18(2)3)22(20,21)17-8-7-13-10-16-19(4)11-13/h5-6,9-11,17H,7-8H2,1-4H3. The number of benzene rings is 1. The first-order valence-electron chi connectivity index (χ1n) is 7.05. The van der Waals surface area contributed by atoms with E-state index in [-0.39, 0.29) is 4.90 Å². The highest BCUT2D eigenvalue weighted by Gasteiger charge is 2.15. The van der Waals surface area contributed by atoms with Gasteiger partial charge in [0, 0.05) is 39.6 Å². The molecule has 0 spiro atoms. The molecular weight excluding hydrogens is 300 g/mol. The van der Waals surface area contributed by atoms with Gasteiger partial charge in [-0.1, -0.05) is 6.07 Å². The van der Waals surface area contributed by atoms with Gasteiger partial charge in [0.1, 0.15) is 0 Å². The Kier molecular flexibility index (Phi) is 4.87. The summed E-state index contributed by atoms with van der Waals surface area (Å²) < 4.78 is 29.1. The Bertz CT molecular complexity index is 751. The second-order valence-corrected chi connectivity index (χ2v) is 7.28. The second kappa shape index (κ2) is 6.50. The average Bonchev–Trinajstić information content (AvgIpc) is 2.84. The highest BCUT2D eigenvalue weighted by molar-refractivity contribution is 7.89. The van der Waals surface area contributed by atoms with Gasteiger partial charge in [-0.15, -0.1) is 0 Å². The summed E-state index contributed by atoms with van der Waals surface area (Å²) in [6.07, 6.45) is 4.23. The average molecular weight is 322 g/mol. The second-order valence-electron chi connectivity index (χ2n) is 5.51. The smallest absolute Gasteiger partial charge is 0.240 e. The fraction of sp³-hybridized carbons (Fsp3) is 0.400. The maximum atomic E-state index is 12.4. The number of nitrogens with zero attached hydrogens (tertiary/aromatic N) is 3. The van der Waals surface area contributed by atoms with Crippen LogP contribution in [0.5, 0.6) is 0 Å². The van der Waals surface area contributed by atoms with Gasteiger partial charge >= 0.3 is 0 Å². The van der Waals surface area contributed by atoms with Crippen LogP contribution in [0, 0.1) is 6.92 Å². The van der Waals surface area contributed by atoms with Gasteiger partial charge in [0.15, 0.2) is 0 Å². The van der Waals surface area contributed by atoms with Crippen molar-refractivity contribution in [3.63, 3.8) is 0 Å². The number of hydrogen-bond donors (Lipinski definition) is 1. The van der Waals surface area contributed by atoms with E-state index in [9.17, 15) is 8.42 Å². The highest BCUT2D eigenvalue weighted by Crippen LogP contribution is 2.22. The van der Waals surface area contributed by atoms with Crippen molar-refractivity contribution < 1.29 is 8.42 Å². The van der Waals surface area contributed by atoms with Gasteiger partial charge in [0.2, 0.25) is 10.0 Å². The third kappa shape index (κ3) is 3.86. The van der Waals surface area contributed by atoms with Crippen molar-refractivity contribution in [2.24, 2.45) is 7.05 Å². The van der Waals surface area contributed by atoms with Gasteiger partial charge in [-0.2, -0.15) is 5.10 Å². The number of sulfonamides is 1. The molecule has 120 valence electrons. The van der Waals surface area contributed by atoms with Crippen molar-refractivity contribution >= 4 is 15.7 Å². The molecule has 1 aromatic heterocycles. The monoisotopic (exact) mass is 322 g/mol. The lowest BCUT2D eigenvalue weighted by Crippen LogP contribution is -2.26. The molecule has 7 heteroatoms. The molecule has 22 heavy (non-hydrogen) atoms. The summed E-state index contributed by atoms with van der Waals surface area (Å²) in [4.78, 5) is 2.19. The van der Waals surface area contributed by atoms with Crippen molar-refractivity contribution in [3.05, 3.63) is 41.7 Å². The minimum Gasteiger partial charge on any atom is -0.377 e. The number of hydrogen-bond acceptors (Lipinski definition) is 4. The molecule has 0 unspecified atom stereocenters. The molecule has 0 fully saturated rings. The van der Waals surface area contributed by atoms with Crippen LogP contribution in [0.25, 0.3) is 0 Å². The van der Waals surface area contributed by atoms with E-state index in [1.165, 1.54) is 0 Å². The van der Waals surface area contributed by atoms with Crippen LogP contribution in [-0.4, -0.2) is 38.8 Å². The Labute approximate surface area is 131 Å². The number of nitrogens with one attached hydrogen (secondary N) is 1. The van der Waals surface area contributed by atoms with E-state index >= 15 is 0 Å². The predicted molar refractivity (Wildman–Crippen MR) is 87.6 cm³/mol. The molecule has 0 saturated carbocycles. The van der Waals surface area contributed by atoms with Crippen LogP contribution in [0.2, 0.25) is 0 Å². The Morgan fingerprint density at radius 1 is 1.32 bits per heavy atom. The molecule has 0 radical (unpaired) electrons. The zero-order valence-corrected chi connectivity index (χ0v) is 14.2. The molecule has 1 heterocycles. The van der Waals surface area contributed by atoms with Crippen LogP contribution < -0.4 is 9.62 Å². The summed E-state index contributed by atoms with van der Waals surface area (Å²) in [6, 6.07) is 5.15. The summed E-state index contributed by atoms with van der Waals surface area (Å²) in [5.41, 5.74) is 2.94. The summed E-state index contributed by atoms with van der Waals surface area (Å²) in [5.74, 6) is 0. The number of aryl methyl sites for hydroxylation is 2. The largest absolute Gasteiger partial charge is 0.377 e. The van der Waals surface area contributed by atoms with E-state index in [0.717, 1.165) is 16.8 Å². The summed E-state index contributed by atoms with van der Waals surface area (Å²) in [5, 5.41) is 4.06. The zero-order chi connectivity index (χ0) is 16.3. The summed E-state index contributed by atoms with van der Waals surface area (Å²) in [7, 11) is 2.13. The van der Waals surface area contributed by atoms with E-state index in [1.54, 1.807) is 23.0 Å². The van der Waals surface area contributed by atoms with Gasteiger partial charge in [-0.05, 0) is 36.6 Å². The molecule has 1 aromatic carbocycles. The van der Waals surface area contributed by atoms with Crippen molar-refractivity contribution in [2.75, 3.05) is 25.5 Å². The van der Waals surface area contributed by atoms with Crippen molar-refractivity contribution in [1.29, 1.82) is 0 Å². The Morgan fingerprint density at radius 3 is 2.64 bits per heavy atom. The maximum Gasteiger partial charge on any atom is 0.240 e. The minimum absolute atomic E-state index is 0.285. The van der Waals surface area contributed by atoms with E-state index in [2.05, 4.69) is 9.82 Å². The molecule has 0 amide bonds. The predicted octanol–water partition coefficient (Wildman–Crippen LogP) is 1.32. The molecule has 1 N–H and O–H groups in total. The van der Waals surface area contributed by atoms with Gasteiger partial charge < -0.3 is 4.90 Å². The first-order valence-corrected chi connectivity index (χ1v) is 8.53. The van der Waals surface area contributed by atoms with Gasteiger partial charge in [-0.3, -0.25) is 4.68 Å². The molecule has 0 aliphatic rings. The van der Waals surface area contributed by atoms with E-state index < -0.39 is 10.0 Å². The van der Waals surface area contributed by atoms with E-state index in [1.807, 2.05) is 45.2 Å². The van der Waals surface area contributed by atoms with E-state index in [0.29, 0.717) is 13.0 Å². The summed E-state index contributed by atoms with van der Waals surface area (Å²) >= 11 is 0. The number of rotatable bonds is 6. The van der Waals surface area contributed by atoms with Crippen LogP contribution in [0.15, 0.2) is 35.5 Å². The molecular formula is C15H22N4O2S. The van der Waals surface area contributed by atoms with Crippen molar-refractivity contribution in [3.8, 4) is 0 Å². The molecule has 0 bridgehead atoms. The Hall–Kier alpha value is -1.86. The maximum absolute atomic E-state index is 12.4. The van der Waals surface area contributed by atoms with Crippen molar-refractivity contribution in [2.45, 2.75) is 18.2 Å². The fourth-order valence-electron chi connectivity index (χ4n) is 2.25. The van der Waals surface area contributed by atoms with Gasteiger partial charge in [-0.25, -0.2) is 13.1 Å². The molecule has 2 rings (SSSR count). The molecule has 0 saturated heterocycles. The lowest BCUT2D eigenvalue weighted by atomic mass is 10.2. The number of anilines is 1. The molecule has 0 aliphatic heterocycles. The quantitative estimate of drug-likeness (QED) is 0.871. The topological polar surface area (TPSA) is 67.2 Å². The first-order chi connectivity index (χ1) is 10.3. The van der Waals surface area contributed by atoms with Crippen LogP contribution in [0.3, 0.4) is 0 Å². The third-order valence-corrected chi connectivity index (χ3v) is 4.90. The van der Waals surface area contributed by atoms with Crippen molar-refractivity contribution in [1.82, 2.24) is 14.5 Å². The molecule has 6 nitrogen and oxygen atoms in total. The molecule has 0 aliphatic carbocycles. The minimum atomic E-state index is -3.50. The zero-order valence-electron chi connectivity index (χ0n) is 13.4. The first kappa shape index (κ1) is 16.5. The number of aromatic nitrogens is 2. The normalized spacial score (nSPS) is 11.6. The summed E-state index contributed by atoms with van der Waals surface area (Å²) in [6.45, 7) is 2.31. The highest BCUT2D eigenvalue weighted by atomic mass is 32.2. The lowest BCUT2D eigenvalue weighted by Gasteiger charge is -2.17. The van der Waals surface area contributed by atoms with Crippen LogP contribution in [0.4, 0.5) is 5.69 Å². The lowest BCUT2D eigenvalue weighted by molar-refractivity contribution is 0.581. The van der Waals surface area contributed by atoms with Gasteiger partial charge in [0.05, 0.1) is 11.1 Å². The van der Waals surface area contributed by atoms with Crippen LogP contribution in [0.1, 0.15) is 11.1 Å². The molecule has 2 aromatic rings. The van der Waals surface area contributed by atoms with Crippen LogP contribution >= 0.6 is 0 Å². The Balaban J connectivity index is 2.08. The van der Waals surface area contributed by atoms with E-state index in [4.69, 9.17) is 0 Å².